The van der Waals surface area contributed by atoms with Crippen molar-refractivity contribution in [3.63, 3.8) is 0 Å². The summed E-state index contributed by atoms with van der Waals surface area (Å²) in [5, 5.41) is 3.82. The zero-order chi connectivity index (χ0) is 20.3. The van der Waals surface area contributed by atoms with Gasteiger partial charge in [-0.1, -0.05) is 72.5 Å². The van der Waals surface area contributed by atoms with Crippen LogP contribution in [0.5, 0.6) is 0 Å². The lowest BCUT2D eigenvalue weighted by molar-refractivity contribution is 0.608. The molecule has 0 aliphatic rings. The summed E-state index contributed by atoms with van der Waals surface area (Å²) in [5.41, 5.74) is 1.28. The van der Waals surface area contributed by atoms with E-state index in [0.29, 0.717) is 16.6 Å². The van der Waals surface area contributed by atoms with Crippen LogP contribution in [0.25, 0.3) is 21.5 Å². The number of rotatable bonds is 2. The SMILES string of the molecule is CCn1cc(F)c2ccccc2c1=S.CCn1ccc2cc(C)ccc2c1=S. The summed E-state index contributed by atoms with van der Waals surface area (Å²) in [6.45, 7) is 7.78. The molecule has 0 saturated heterocycles. The lowest BCUT2D eigenvalue weighted by Gasteiger charge is -2.06. The largest absolute Gasteiger partial charge is 0.339 e. The molecule has 0 aliphatic carbocycles. The standard InChI is InChI=1S/C12H13NS.C11H10FNS/c1-3-13-7-6-10-8-9(2)4-5-11(10)12(13)14;1-2-13-7-10(12)8-5-3-4-6-9(8)11(13)14/h4-8H,3H2,1-2H3;3-7H,2H2,1H3. The van der Waals surface area contributed by atoms with Gasteiger partial charge in [0.05, 0.1) is 0 Å². The molecule has 0 aliphatic heterocycles. The van der Waals surface area contributed by atoms with Crippen LogP contribution in [0.4, 0.5) is 4.39 Å². The molecule has 4 rings (SSSR count). The van der Waals surface area contributed by atoms with E-state index in [1.807, 2.05) is 25.1 Å². The van der Waals surface area contributed by atoms with Gasteiger partial charge in [0.15, 0.2) is 0 Å². The molecule has 0 spiro atoms. The maximum atomic E-state index is 13.5. The molecule has 144 valence electrons. The molecular weight excluding hydrogens is 387 g/mol. The molecule has 2 nitrogen and oxygen atoms in total. The minimum atomic E-state index is -0.212. The molecule has 0 radical (unpaired) electrons. The molecule has 2 heterocycles. The molecule has 0 fully saturated rings. The third kappa shape index (κ3) is 4.05. The van der Waals surface area contributed by atoms with Gasteiger partial charge in [0.25, 0.3) is 0 Å². The fraction of sp³-hybridized carbons (Fsp3) is 0.217. The molecule has 5 heteroatoms. The number of hydrogen-bond donors (Lipinski definition) is 0. The summed E-state index contributed by atoms with van der Waals surface area (Å²) in [7, 11) is 0. The fourth-order valence-corrected chi connectivity index (χ4v) is 3.92. The van der Waals surface area contributed by atoms with Crippen molar-refractivity contribution in [3.8, 4) is 0 Å². The Morgan fingerprint density at radius 3 is 2.14 bits per heavy atom. The van der Waals surface area contributed by atoms with Crippen LogP contribution in [0.3, 0.4) is 0 Å². The first kappa shape index (κ1) is 20.4. The van der Waals surface area contributed by atoms with Crippen molar-refractivity contribution in [2.45, 2.75) is 33.9 Å². The van der Waals surface area contributed by atoms with Gasteiger partial charge in [-0.05, 0) is 32.2 Å². The van der Waals surface area contributed by atoms with E-state index in [2.05, 4.69) is 48.9 Å². The Labute approximate surface area is 174 Å². The molecule has 0 saturated carbocycles. The van der Waals surface area contributed by atoms with Gasteiger partial charge < -0.3 is 9.13 Å². The second kappa shape index (κ2) is 8.76. The summed E-state index contributed by atoms with van der Waals surface area (Å²) in [5.74, 6) is -0.212. The highest BCUT2D eigenvalue weighted by molar-refractivity contribution is 7.71. The topological polar surface area (TPSA) is 9.86 Å². The van der Waals surface area contributed by atoms with Gasteiger partial charge in [0, 0.05) is 41.6 Å². The predicted octanol–water partition coefficient (Wildman–Crippen LogP) is 7.23. The highest BCUT2D eigenvalue weighted by Gasteiger charge is 2.03. The number of hydrogen-bond acceptors (Lipinski definition) is 2. The molecule has 2 aromatic carbocycles. The monoisotopic (exact) mass is 410 g/mol. The number of halogens is 1. The van der Waals surface area contributed by atoms with Gasteiger partial charge in [0.1, 0.15) is 15.1 Å². The number of aryl methyl sites for hydroxylation is 3. The third-order valence-corrected chi connectivity index (χ3v) is 5.67. The average molecular weight is 411 g/mol. The number of pyridine rings is 2. The van der Waals surface area contributed by atoms with Crippen molar-refractivity contribution in [2.24, 2.45) is 0 Å². The lowest BCUT2D eigenvalue weighted by atomic mass is 10.1. The van der Waals surface area contributed by atoms with Gasteiger partial charge in [-0.15, -0.1) is 0 Å². The van der Waals surface area contributed by atoms with Crippen molar-refractivity contribution < 1.29 is 4.39 Å². The summed E-state index contributed by atoms with van der Waals surface area (Å²) in [4.78, 5) is 0. The Kier molecular flexibility index (Phi) is 6.37. The van der Waals surface area contributed by atoms with Gasteiger partial charge in [0.2, 0.25) is 0 Å². The highest BCUT2D eigenvalue weighted by atomic mass is 32.1. The Balaban J connectivity index is 0.000000161. The van der Waals surface area contributed by atoms with Gasteiger partial charge in [-0.25, -0.2) is 4.39 Å². The molecule has 0 bridgehead atoms. The van der Waals surface area contributed by atoms with Crippen LogP contribution in [-0.4, -0.2) is 9.13 Å². The summed E-state index contributed by atoms with van der Waals surface area (Å²) in [6, 6.07) is 15.8. The Hall–Kier alpha value is -2.37. The zero-order valence-corrected chi connectivity index (χ0v) is 17.9. The van der Waals surface area contributed by atoms with Crippen LogP contribution in [0.2, 0.25) is 0 Å². The third-order valence-electron chi connectivity index (χ3n) is 4.76. The molecule has 0 N–H and O–H groups in total. The van der Waals surface area contributed by atoms with Crippen LogP contribution in [-0.2, 0) is 13.1 Å². The summed E-state index contributed by atoms with van der Waals surface area (Å²) < 4.78 is 19.0. The number of benzene rings is 2. The quantitative estimate of drug-likeness (QED) is 0.323. The first-order valence-corrected chi connectivity index (χ1v) is 10.2. The van der Waals surface area contributed by atoms with Crippen LogP contribution in [0.1, 0.15) is 19.4 Å². The Morgan fingerprint density at radius 2 is 1.46 bits per heavy atom. The van der Waals surface area contributed by atoms with Crippen molar-refractivity contribution in [1.82, 2.24) is 9.13 Å². The van der Waals surface area contributed by atoms with E-state index in [1.54, 1.807) is 10.6 Å². The van der Waals surface area contributed by atoms with E-state index in [0.717, 1.165) is 16.6 Å². The van der Waals surface area contributed by atoms with Crippen molar-refractivity contribution in [2.75, 3.05) is 0 Å². The molecule has 0 atom stereocenters. The summed E-state index contributed by atoms with van der Waals surface area (Å²) >= 11 is 10.6. The van der Waals surface area contributed by atoms with Gasteiger partial charge in [-0.3, -0.25) is 0 Å². The van der Waals surface area contributed by atoms with Crippen LogP contribution in [0.15, 0.2) is 60.9 Å². The maximum absolute atomic E-state index is 13.5. The van der Waals surface area contributed by atoms with Gasteiger partial charge in [-0.2, -0.15) is 0 Å². The van der Waals surface area contributed by atoms with Crippen molar-refractivity contribution in [1.29, 1.82) is 0 Å². The van der Waals surface area contributed by atoms with E-state index in [-0.39, 0.29) is 5.82 Å². The predicted molar refractivity (Wildman–Crippen MR) is 122 cm³/mol. The first-order chi connectivity index (χ1) is 13.5. The minimum Gasteiger partial charge on any atom is -0.339 e. The van der Waals surface area contributed by atoms with Gasteiger partial charge >= 0.3 is 0 Å². The second-order valence-electron chi connectivity index (χ2n) is 6.61. The highest BCUT2D eigenvalue weighted by Crippen LogP contribution is 2.19. The van der Waals surface area contributed by atoms with E-state index in [9.17, 15) is 4.39 Å². The van der Waals surface area contributed by atoms with Crippen LogP contribution < -0.4 is 0 Å². The smallest absolute Gasteiger partial charge is 0.147 e. The molecule has 28 heavy (non-hydrogen) atoms. The average Bonchev–Trinajstić information content (AvgIpc) is 2.71. The lowest BCUT2D eigenvalue weighted by Crippen LogP contribution is -1.99. The maximum Gasteiger partial charge on any atom is 0.147 e. The molecular formula is C23H23FN2S2. The normalized spacial score (nSPS) is 10.7. The zero-order valence-electron chi connectivity index (χ0n) is 16.3. The summed E-state index contributed by atoms with van der Waals surface area (Å²) in [6.07, 6.45) is 3.52. The van der Waals surface area contributed by atoms with E-state index in [1.165, 1.54) is 22.5 Å². The van der Waals surface area contributed by atoms with Crippen molar-refractivity contribution in [3.05, 3.63) is 81.6 Å². The van der Waals surface area contributed by atoms with Crippen molar-refractivity contribution >= 4 is 46.0 Å². The second-order valence-corrected chi connectivity index (χ2v) is 7.38. The number of nitrogens with zero attached hydrogens (tertiary/aromatic N) is 2. The van der Waals surface area contributed by atoms with Crippen LogP contribution in [0, 0.1) is 22.0 Å². The minimum absolute atomic E-state index is 0.212. The first-order valence-electron chi connectivity index (χ1n) is 9.33. The van der Waals surface area contributed by atoms with E-state index in [4.69, 9.17) is 24.4 Å². The molecule has 0 amide bonds. The Bertz CT molecular complexity index is 1260. The number of fused-ring (bicyclic) bond motifs is 2. The van der Waals surface area contributed by atoms with E-state index >= 15 is 0 Å². The molecule has 2 aromatic heterocycles. The van der Waals surface area contributed by atoms with Crippen LogP contribution >= 0.6 is 24.4 Å². The fourth-order valence-electron chi connectivity index (χ4n) is 3.19. The van der Waals surface area contributed by atoms with E-state index < -0.39 is 0 Å². The Morgan fingerprint density at radius 1 is 0.821 bits per heavy atom. The molecule has 4 aromatic rings. The molecule has 0 unspecified atom stereocenters. The number of aromatic nitrogens is 2.